The summed E-state index contributed by atoms with van der Waals surface area (Å²) in [5.41, 5.74) is 6.87. The molecule has 0 aliphatic carbocycles. The number of hydrogen-bond acceptors (Lipinski definition) is 8. The van der Waals surface area contributed by atoms with Crippen LogP contribution < -0.4 is 16.4 Å². The van der Waals surface area contributed by atoms with Crippen LogP contribution in [0.5, 0.6) is 0 Å². The van der Waals surface area contributed by atoms with Gasteiger partial charge in [-0.15, -0.1) is 11.3 Å². The zero-order chi connectivity index (χ0) is 34.7. The number of aromatic nitrogens is 1. The number of rotatable bonds is 17. The predicted octanol–water partition coefficient (Wildman–Crippen LogP) is 4.28. The Bertz CT molecular complexity index is 1290. The molecule has 0 spiro atoms. The van der Waals surface area contributed by atoms with Crippen molar-refractivity contribution in [2.24, 2.45) is 17.6 Å². The molecule has 12 heteroatoms. The lowest BCUT2D eigenvalue weighted by molar-refractivity contribution is -0.142. The minimum atomic E-state index is -0.998. The van der Waals surface area contributed by atoms with E-state index in [1.54, 1.807) is 22.4 Å². The maximum Gasteiger partial charge on any atom is 0.270 e. The Morgan fingerprint density at radius 1 is 1.15 bits per heavy atom. The second-order valence-electron chi connectivity index (χ2n) is 13.2. The quantitative estimate of drug-likeness (QED) is 0.196. The largest absolute Gasteiger partial charge is 0.386 e. The number of hydrogen-bond donors (Lipinski definition) is 4. The van der Waals surface area contributed by atoms with Gasteiger partial charge < -0.3 is 26.4 Å². The van der Waals surface area contributed by atoms with Gasteiger partial charge in [-0.2, -0.15) is 0 Å². The van der Waals surface area contributed by atoms with Gasteiger partial charge in [-0.25, -0.2) is 9.37 Å². The van der Waals surface area contributed by atoms with Gasteiger partial charge in [0, 0.05) is 30.4 Å². The number of amides is 3. The molecule has 5 N–H and O–H groups in total. The van der Waals surface area contributed by atoms with Crippen molar-refractivity contribution in [2.45, 2.75) is 110 Å². The maximum atomic E-state index is 14.2. The van der Waals surface area contributed by atoms with Crippen LogP contribution in [0.4, 0.5) is 4.39 Å². The molecule has 262 valence electrons. The Hall–Kier alpha value is -2.93. The van der Waals surface area contributed by atoms with Crippen LogP contribution in [0.1, 0.15) is 100 Å². The normalized spacial score (nSPS) is 18.6. The first-order chi connectivity index (χ1) is 22.4. The van der Waals surface area contributed by atoms with Crippen LogP contribution in [0, 0.1) is 17.7 Å². The molecule has 3 amide bonds. The van der Waals surface area contributed by atoms with Gasteiger partial charge in [0.25, 0.3) is 5.91 Å². The van der Waals surface area contributed by atoms with E-state index in [-0.39, 0.29) is 65.6 Å². The number of benzene rings is 1. The summed E-state index contributed by atoms with van der Waals surface area (Å²) in [4.78, 5) is 49.0. The highest BCUT2D eigenvalue weighted by molar-refractivity contribution is 7.09. The highest BCUT2D eigenvalue weighted by atomic mass is 32.1. The van der Waals surface area contributed by atoms with Crippen molar-refractivity contribution < 1.29 is 23.9 Å². The van der Waals surface area contributed by atoms with Gasteiger partial charge in [-0.05, 0) is 82.3 Å². The van der Waals surface area contributed by atoms with Crippen LogP contribution in [0.15, 0.2) is 29.6 Å². The molecule has 1 saturated heterocycles. The molecule has 10 nitrogen and oxygen atoms in total. The number of nitrogens with one attached hydrogen (secondary N) is 2. The van der Waals surface area contributed by atoms with Crippen LogP contribution in [0.2, 0.25) is 0 Å². The maximum absolute atomic E-state index is 14.2. The first-order valence-corrected chi connectivity index (χ1v) is 18.0. The van der Waals surface area contributed by atoms with Crippen molar-refractivity contribution in [3.8, 4) is 0 Å². The third-order valence-electron chi connectivity index (χ3n) is 9.39. The molecule has 2 aromatic rings. The van der Waals surface area contributed by atoms with Crippen LogP contribution in [-0.4, -0.2) is 88.5 Å². The van der Waals surface area contributed by atoms with E-state index < -0.39 is 12.1 Å². The van der Waals surface area contributed by atoms with Crippen LogP contribution in [0.25, 0.3) is 0 Å². The monoisotopic (exact) mass is 674 g/mol. The summed E-state index contributed by atoms with van der Waals surface area (Å²) in [7, 11) is 1.96. The minimum absolute atomic E-state index is 0.0116. The molecule has 1 aromatic carbocycles. The number of likely N-dealkylation sites (tertiary alicyclic amines) is 1. The Morgan fingerprint density at radius 3 is 2.45 bits per heavy atom. The summed E-state index contributed by atoms with van der Waals surface area (Å²) in [6, 6.07) is 4.64. The summed E-state index contributed by atoms with van der Waals surface area (Å²) >= 11 is 1.20. The number of carbonyl (C=O) groups is 3. The third kappa shape index (κ3) is 10.8. The van der Waals surface area contributed by atoms with Crippen molar-refractivity contribution in [1.29, 1.82) is 0 Å². The van der Waals surface area contributed by atoms with Crippen molar-refractivity contribution in [3.63, 3.8) is 0 Å². The zero-order valence-corrected chi connectivity index (χ0v) is 29.7. The fourth-order valence-corrected chi connectivity index (χ4v) is 7.09. The molecule has 0 bridgehead atoms. The minimum Gasteiger partial charge on any atom is -0.386 e. The molecule has 1 aromatic heterocycles. The highest BCUT2D eigenvalue weighted by Gasteiger charge is 2.37. The number of aliphatic hydroxyl groups is 1. The van der Waals surface area contributed by atoms with E-state index in [1.807, 2.05) is 41.7 Å². The second kappa shape index (κ2) is 18.6. The molecule has 1 aliphatic rings. The lowest BCUT2D eigenvalue weighted by atomic mass is 9.92. The number of thiazole rings is 1. The first kappa shape index (κ1) is 38.5. The van der Waals surface area contributed by atoms with E-state index in [9.17, 15) is 23.9 Å². The average Bonchev–Trinajstić information content (AvgIpc) is 3.55. The summed E-state index contributed by atoms with van der Waals surface area (Å²) in [6.45, 7) is 11.6. The summed E-state index contributed by atoms with van der Waals surface area (Å²) < 4.78 is 13.3. The molecule has 6 atom stereocenters. The number of nitrogens with two attached hydrogens (primary N) is 1. The van der Waals surface area contributed by atoms with Crippen molar-refractivity contribution in [3.05, 3.63) is 51.7 Å². The van der Waals surface area contributed by atoms with E-state index in [0.29, 0.717) is 30.9 Å². The third-order valence-corrected chi connectivity index (χ3v) is 10.3. The van der Waals surface area contributed by atoms with Crippen molar-refractivity contribution >= 4 is 29.1 Å². The van der Waals surface area contributed by atoms with E-state index in [0.717, 1.165) is 37.8 Å². The average molecular weight is 675 g/mol. The molecule has 0 radical (unpaired) electrons. The van der Waals surface area contributed by atoms with Gasteiger partial charge in [-0.1, -0.05) is 52.7 Å². The first-order valence-electron chi connectivity index (χ1n) is 17.1. The van der Waals surface area contributed by atoms with Gasteiger partial charge in [0.2, 0.25) is 11.8 Å². The van der Waals surface area contributed by atoms with Crippen LogP contribution >= 0.6 is 11.3 Å². The highest BCUT2D eigenvalue weighted by Crippen LogP contribution is 2.29. The van der Waals surface area contributed by atoms with Gasteiger partial charge in [-0.3, -0.25) is 19.3 Å². The van der Waals surface area contributed by atoms with E-state index >= 15 is 0 Å². The summed E-state index contributed by atoms with van der Waals surface area (Å²) in [5, 5.41) is 19.4. The molecule has 1 unspecified atom stereocenters. The fraction of sp³-hybridized carbons (Fsp3) is 0.657. The van der Waals surface area contributed by atoms with Crippen LogP contribution in [-0.2, 0) is 16.0 Å². The topological polar surface area (TPSA) is 141 Å². The van der Waals surface area contributed by atoms with E-state index in [2.05, 4.69) is 20.5 Å². The lowest BCUT2D eigenvalue weighted by Gasteiger charge is -2.39. The lowest BCUT2D eigenvalue weighted by Crippen LogP contribution is -2.58. The molecule has 1 aliphatic heterocycles. The van der Waals surface area contributed by atoms with Crippen molar-refractivity contribution in [2.75, 3.05) is 26.7 Å². The standard InChI is InChI=1S/C35H55FN6O4S/c1-7-23(5)31(40-33(45)28-11-9-10-18-41(28)6)35(46)42(8-2)29(22(3)4)20-30(43)34-39-27(21-47-34)32(44)38-26(16-17-37)19-24-12-14-25(36)15-13-24/h12-15,21-23,26,28-31,43H,7-11,16-20,37H2,1-6H3,(H,38,44)(H,40,45)/t23-,26+,28+,29+,30+,31?/m0/s1. The van der Waals surface area contributed by atoms with Gasteiger partial charge in [0.1, 0.15) is 28.7 Å². The molecule has 0 saturated carbocycles. The fourth-order valence-electron chi connectivity index (χ4n) is 6.30. The molecule has 3 rings (SSSR count). The summed E-state index contributed by atoms with van der Waals surface area (Å²) in [5.74, 6) is -1.01. The number of aliphatic hydroxyl groups excluding tert-OH is 1. The predicted molar refractivity (Wildman–Crippen MR) is 184 cm³/mol. The Morgan fingerprint density at radius 2 is 1.85 bits per heavy atom. The van der Waals surface area contributed by atoms with Gasteiger partial charge in [0.05, 0.1) is 6.04 Å². The number of nitrogens with zero attached hydrogens (tertiary/aromatic N) is 3. The van der Waals surface area contributed by atoms with Crippen LogP contribution in [0.3, 0.4) is 0 Å². The Balaban J connectivity index is 1.71. The molecule has 2 heterocycles. The molecular formula is C35H55FN6O4S. The van der Waals surface area contributed by atoms with Crippen molar-refractivity contribution in [1.82, 2.24) is 25.4 Å². The zero-order valence-electron chi connectivity index (χ0n) is 28.9. The van der Waals surface area contributed by atoms with E-state index in [4.69, 9.17) is 5.73 Å². The number of halogens is 1. The molecule has 47 heavy (non-hydrogen) atoms. The number of likely N-dealkylation sites (N-methyl/N-ethyl adjacent to an activating group) is 2. The number of carbonyl (C=O) groups excluding carboxylic acids is 3. The number of piperidine rings is 1. The Labute approximate surface area is 283 Å². The Kier molecular flexibility index (Phi) is 15.2. The summed E-state index contributed by atoms with van der Waals surface area (Å²) in [6.07, 6.45) is 3.82. The van der Waals surface area contributed by atoms with Gasteiger partial charge in [0.15, 0.2) is 0 Å². The smallest absolute Gasteiger partial charge is 0.270 e. The van der Waals surface area contributed by atoms with E-state index in [1.165, 1.54) is 23.5 Å². The van der Waals surface area contributed by atoms with Gasteiger partial charge >= 0.3 is 0 Å². The molecular weight excluding hydrogens is 619 g/mol. The SMILES string of the molecule is CC[C@H](C)C(NC(=O)[C@H]1CCCCN1C)C(=O)N(CC)[C@H](C[C@@H](O)c1nc(C(=O)N[C@H](CCN)Cc2ccc(F)cc2)cs1)C(C)C. The second-order valence-corrected chi connectivity index (χ2v) is 14.1. The molecule has 1 fully saturated rings.